The molecule has 1 aliphatic heterocycles. The summed E-state index contributed by atoms with van der Waals surface area (Å²) in [6.45, 7) is 8.69. The molecule has 1 aliphatic rings. The number of nitrogens with two attached hydrogens (primary N) is 1. The number of nitrogens with zero attached hydrogens (tertiary/aromatic N) is 1. The Bertz CT molecular complexity index is 165. The van der Waals surface area contributed by atoms with Crippen LogP contribution in [-0.4, -0.2) is 43.4 Å². The summed E-state index contributed by atoms with van der Waals surface area (Å²) in [6, 6.07) is 0. The highest BCUT2D eigenvalue weighted by atomic mass is 16.5. The first-order chi connectivity index (χ1) is 7.26. The van der Waals surface area contributed by atoms with Gasteiger partial charge < -0.3 is 10.5 Å². The maximum absolute atomic E-state index is 5.90. The number of morpholine rings is 1. The van der Waals surface area contributed by atoms with Crippen LogP contribution in [0.1, 0.15) is 33.1 Å². The molecule has 90 valence electrons. The van der Waals surface area contributed by atoms with Gasteiger partial charge in [-0.15, -0.1) is 0 Å². The minimum absolute atomic E-state index is 0.0894. The predicted octanol–water partition coefficient (Wildman–Crippen LogP) is 0.731. The first-order valence-electron chi connectivity index (χ1n) is 6.07. The van der Waals surface area contributed by atoms with Crippen LogP contribution in [0.15, 0.2) is 0 Å². The van der Waals surface area contributed by atoms with Crippen molar-refractivity contribution < 1.29 is 4.74 Å². The molecule has 4 nitrogen and oxygen atoms in total. The summed E-state index contributed by atoms with van der Waals surface area (Å²) in [7, 11) is 0. The predicted molar refractivity (Wildman–Crippen MR) is 62.5 cm³/mol. The van der Waals surface area contributed by atoms with E-state index in [9.17, 15) is 0 Å². The van der Waals surface area contributed by atoms with Crippen molar-refractivity contribution in [2.24, 2.45) is 5.73 Å². The van der Waals surface area contributed by atoms with Gasteiger partial charge in [0, 0.05) is 25.2 Å². The third-order valence-electron chi connectivity index (χ3n) is 3.20. The summed E-state index contributed by atoms with van der Waals surface area (Å²) in [5, 5.41) is 2.26. The van der Waals surface area contributed by atoms with Crippen LogP contribution in [0.2, 0.25) is 0 Å². The standard InChI is InChI=1S/C11H25N3O/c1-3-5-11(4-2,10-12)13-14-6-8-15-9-7-14/h13H,3-10,12H2,1-2H3. The van der Waals surface area contributed by atoms with Crippen molar-refractivity contribution in [3.8, 4) is 0 Å². The molecule has 0 amide bonds. The van der Waals surface area contributed by atoms with Crippen molar-refractivity contribution in [2.75, 3.05) is 32.8 Å². The molecule has 1 unspecified atom stereocenters. The SMILES string of the molecule is CCCC(CC)(CN)NN1CCOCC1. The van der Waals surface area contributed by atoms with Crippen LogP contribution in [0.25, 0.3) is 0 Å². The highest BCUT2D eigenvalue weighted by molar-refractivity contribution is 4.86. The molecule has 0 aromatic rings. The Morgan fingerprint density at radius 2 is 2.00 bits per heavy atom. The molecule has 0 saturated carbocycles. The summed E-state index contributed by atoms with van der Waals surface area (Å²) in [5.41, 5.74) is 9.59. The molecule has 0 aromatic carbocycles. The van der Waals surface area contributed by atoms with E-state index in [2.05, 4.69) is 24.3 Å². The fourth-order valence-electron chi connectivity index (χ4n) is 2.09. The van der Waals surface area contributed by atoms with Gasteiger partial charge in [-0.2, -0.15) is 0 Å². The number of hydrogen-bond acceptors (Lipinski definition) is 4. The zero-order valence-electron chi connectivity index (χ0n) is 10.1. The fraction of sp³-hybridized carbons (Fsp3) is 1.00. The zero-order valence-corrected chi connectivity index (χ0v) is 10.1. The quantitative estimate of drug-likeness (QED) is 0.686. The third kappa shape index (κ3) is 3.72. The van der Waals surface area contributed by atoms with E-state index in [1.807, 2.05) is 0 Å². The lowest BCUT2D eigenvalue weighted by Crippen LogP contribution is -2.60. The number of rotatable bonds is 6. The second kappa shape index (κ2) is 6.43. The maximum Gasteiger partial charge on any atom is 0.0608 e. The van der Waals surface area contributed by atoms with E-state index >= 15 is 0 Å². The largest absolute Gasteiger partial charge is 0.379 e. The van der Waals surface area contributed by atoms with Crippen LogP contribution < -0.4 is 11.2 Å². The third-order valence-corrected chi connectivity index (χ3v) is 3.20. The fourth-order valence-corrected chi connectivity index (χ4v) is 2.09. The van der Waals surface area contributed by atoms with E-state index in [-0.39, 0.29) is 5.54 Å². The molecular formula is C11H25N3O. The van der Waals surface area contributed by atoms with Crippen molar-refractivity contribution in [2.45, 2.75) is 38.6 Å². The lowest BCUT2D eigenvalue weighted by Gasteiger charge is -2.39. The van der Waals surface area contributed by atoms with E-state index < -0.39 is 0 Å². The van der Waals surface area contributed by atoms with Gasteiger partial charge >= 0.3 is 0 Å². The highest BCUT2D eigenvalue weighted by Gasteiger charge is 2.28. The van der Waals surface area contributed by atoms with Crippen LogP contribution in [-0.2, 0) is 4.74 Å². The van der Waals surface area contributed by atoms with E-state index in [1.165, 1.54) is 6.42 Å². The molecule has 0 spiro atoms. The van der Waals surface area contributed by atoms with Gasteiger partial charge in [0.25, 0.3) is 0 Å². The molecule has 0 aromatic heterocycles. The van der Waals surface area contributed by atoms with E-state index in [4.69, 9.17) is 10.5 Å². The maximum atomic E-state index is 5.90. The van der Waals surface area contributed by atoms with Crippen molar-refractivity contribution in [1.29, 1.82) is 0 Å². The summed E-state index contributed by atoms with van der Waals surface area (Å²) < 4.78 is 5.33. The Hall–Kier alpha value is -0.160. The van der Waals surface area contributed by atoms with Gasteiger partial charge in [0.2, 0.25) is 0 Å². The van der Waals surface area contributed by atoms with Gasteiger partial charge in [-0.3, -0.25) is 0 Å². The number of hydrazine groups is 1. The van der Waals surface area contributed by atoms with Gasteiger partial charge in [0.1, 0.15) is 0 Å². The lowest BCUT2D eigenvalue weighted by molar-refractivity contribution is -0.0141. The Morgan fingerprint density at radius 1 is 1.33 bits per heavy atom. The van der Waals surface area contributed by atoms with Gasteiger partial charge in [-0.25, -0.2) is 10.4 Å². The zero-order chi connectivity index (χ0) is 11.1. The monoisotopic (exact) mass is 215 g/mol. The average Bonchev–Trinajstić information content (AvgIpc) is 2.30. The molecule has 0 bridgehead atoms. The number of hydrogen-bond donors (Lipinski definition) is 2. The van der Waals surface area contributed by atoms with Crippen molar-refractivity contribution in [1.82, 2.24) is 10.4 Å². The second-order valence-electron chi connectivity index (χ2n) is 4.30. The summed E-state index contributed by atoms with van der Waals surface area (Å²) in [5.74, 6) is 0. The molecule has 0 radical (unpaired) electrons. The number of ether oxygens (including phenoxy) is 1. The highest BCUT2D eigenvalue weighted by Crippen LogP contribution is 2.17. The molecule has 1 heterocycles. The number of nitrogens with one attached hydrogen (secondary N) is 1. The first kappa shape index (κ1) is 12.9. The molecule has 15 heavy (non-hydrogen) atoms. The van der Waals surface area contributed by atoms with Crippen molar-refractivity contribution in [3.05, 3.63) is 0 Å². The molecule has 0 aliphatic carbocycles. The molecule has 1 rings (SSSR count). The van der Waals surface area contributed by atoms with Crippen LogP contribution in [0.5, 0.6) is 0 Å². The molecule has 1 saturated heterocycles. The first-order valence-corrected chi connectivity index (χ1v) is 6.07. The topological polar surface area (TPSA) is 50.5 Å². The Balaban J connectivity index is 2.47. The Labute approximate surface area is 93.1 Å². The Morgan fingerprint density at radius 3 is 2.47 bits per heavy atom. The minimum atomic E-state index is 0.0894. The normalized spacial score (nSPS) is 22.6. The smallest absolute Gasteiger partial charge is 0.0608 e. The van der Waals surface area contributed by atoms with E-state index in [1.54, 1.807) is 0 Å². The van der Waals surface area contributed by atoms with Gasteiger partial charge in [0.05, 0.1) is 13.2 Å². The van der Waals surface area contributed by atoms with Gasteiger partial charge in [0.15, 0.2) is 0 Å². The molecule has 1 atom stereocenters. The van der Waals surface area contributed by atoms with Crippen LogP contribution in [0.4, 0.5) is 0 Å². The molecule has 3 N–H and O–H groups in total. The molecule has 4 heteroatoms. The van der Waals surface area contributed by atoms with Crippen molar-refractivity contribution >= 4 is 0 Å². The van der Waals surface area contributed by atoms with Gasteiger partial charge in [-0.05, 0) is 12.8 Å². The molecule has 1 fully saturated rings. The Kier molecular flexibility index (Phi) is 5.53. The summed E-state index contributed by atoms with van der Waals surface area (Å²) >= 11 is 0. The minimum Gasteiger partial charge on any atom is -0.379 e. The van der Waals surface area contributed by atoms with Crippen LogP contribution in [0.3, 0.4) is 0 Å². The lowest BCUT2D eigenvalue weighted by atomic mass is 9.91. The summed E-state index contributed by atoms with van der Waals surface area (Å²) in [4.78, 5) is 0. The molecular weight excluding hydrogens is 190 g/mol. The van der Waals surface area contributed by atoms with Crippen LogP contribution >= 0.6 is 0 Å². The van der Waals surface area contributed by atoms with E-state index in [0.29, 0.717) is 6.54 Å². The average molecular weight is 215 g/mol. The summed E-state index contributed by atoms with van der Waals surface area (Å²) in [6.07, 6.45) is 3.38. The van der Waals surface area contributed by atoms with Crippen molar-refractivity contribution in [3.63, 3.8) is 0 Å². The second-order valence-corrected chi connectivity index (χ2v) is 4.30. The van der Waals surface area contributed by atoms with E-state index in [0.717, 1.165) is 39.1 Å². The van der Waals surface area contributed by atoms with Gasteiger partial charge in [-0.1, -0.05) is 20.3 Å². The van der Waals surface area contributed by atoms with Crippen LogP contribution in [0, 0.1) is 0 Å².